The van der Waals surface area contributed by atoms with E-state index in [2.05, 4.69) is 68.8 Å². The highest BCUT2D eigenvalue weighted by molar-refractivity contribution is 4.99. The van der Waals surface area contributed by atoms with Crippen LogP contribution in [0.3, 0.4) is 0 Å². The summed E-state index contributed by atoms with van der Waals surface area (Å²) in [5.74, 6) is 1.07. The topological polar surface area (TPSA) is 46.0 Å². The smallest absolute Gasteiger partial charge is 0.141 e. The van der Waals surface area contributed by atoms with Crippen molar-refractivity contribution in [1.29, 1.82) is 0 Å². The molecule has 0 aliphatic carbocycles. The molecule has 5 nitrogen and oxygen atoms in total. The van der Waals surface area contributed by atoms with E-state index < -0.39 is 0 Å². The number of nitrogens with zero attached hydrogens (tertiary/aromatic N) is 4. The first-order valence-electron chi connectivity index (χ1n) is 7.97. The van der Waals surface area contributed by atoms with Gasteiger partial charge in [0.15, 0.2) is 0 Å². The lowest BCUT2D eigenvalue weighted by atomic mass is 9.82. The molecular formula is C16H31N5. The Kier molecular flexibility index (Phi) is 4.45. The molecule has 0 saturated carbocycles. The highest BCUT2D eigenvalue weighted by atomic mass is 15.4. The van der Waals surface area contributed by atoms with Gasteiger partial charge in [0.25, 0.3) is 0 Å². The number of piperazine rings is 1. The largest absolute Gasteiger partial charge is 0.309 e. The first kappa shape index (κ1) is 16.4. The van der Waals surface area contributed by atoms with Gasteiger partial charge in [-0.1, -0.05) is 20.8 Å². The molecule has 1 aliphatic rings. The molecule has 1 fully saturated rings. The SMILES string of the molecule is CC(C)n1ncnc1CN1CC(C)(C)NCC1C(C)(C)C. The molecule has 0 amide bonds. The Labute approximate surface area is 129 Å². The molecule has 5 heteroatoms. The second-order valence-corrected chi connectivity index (χ2v) is 8.27. The van der Waals surface area contributed by atoms with Crippen molar-refractivity contribution < 1.29 is 0 Å². The summed E-state index contributed by atoms with van der Waals surface area (Å²) in [6.45, 7) is 18.7. The lowest BCUT2D eigenvalue weighted by Gasteiger charge is -2.49. The normalized spacial score (nSPS) is 23.7. The van der Waals surface area contributed by atoms with Crippen molar-refractivity contribution in [3.63, 3.8) is 0 Å². The summed E-state index contributed by atoms with van der Waals surface area (Å²) in [5, 5.41) is 8.05. The van der Waals surface area contributed by atoms with Crippen molar-refractivity contribution in [2.75, 3.05) is 13.1 Å². The van der Waals surface area contributed by atoms with Gasteiger partial charge in [0.2, 0.25) is 0 Å². The van der Waals surface area contributed by atoms with Crippen LogP contribution in [0, 0.1) is 5.41 Å². The van der Waals surface area contributed by atoms with Crippen LogP contribution < -0.4 is 5.32 Å². The van der Waals surface area contributed by atoms with Crippen LogP contribution >= 0.6 is 0 Å². The van der Waals surface area contributed by atoms with Gasteiger partial charge < -0.3 is 5.32 Å². The summed E-state index contributed by atoms with van der Waals surface area (Å²) in [4.78, 5) is 7.05. The molecule has 0 spiro atoms. The molecule has 0 radical (unpaired) electrons. The minimum Gasteiger partial charge on any atom is -0.309 e. The Hall–Kier alpha value is -0.940. The molecule has 0 aromatic carbocycles. The van der Waals surface area contributed by atoms with Crippen LogP contribution in [0.4, 0.5) is 0 Å². The van der Waals surface area contributed by atoms with Gasteiger partial charge in [-0.15, -0.1) is 0 Å². The molecule has 120 valence electrons. The molecular weight excluding hydrogens is 262 g/mol. The van der Waals surface area contributed by atoms with E-state index in [1.807, 2.05) is 4.68 Å². The van der Waals surface area contributed by atoms with Gasteiger partial charge in [0.1, 0.15) is 12.2 Å². The maximum Gasteiger partial charge on any atom is 0.141 e. The molecule has 2 heterocycles. The summed E-state index contributed by atoms with van der Waals surface area (Å²) < 4.78 is 2.04. The van der Waals surface area contributed by atoms with Crippen molar-refractivity contribution in [1.82, 2.24) is 25.0 Å². The third-order valence-electron chi connectivity index (χ3n) is 4.29. The summed E-state index contributed by atoms with van der Waals surface area (Å²) >= 11 is 0. The van der Waals surface area contributed by atoms with Crippen LogP contribution in [-0.4, -0.2) is 44.3 Å². The van der Waals surface area contributed by atoms with Gasteiger partial charge >= 0.3 is 0 Å². The predicted molar refractivity (Wildman–Crippen MR) is 86.1 cm³/mol. The third-order valence-corrected chi connectivity index (χ3v) is 4.29. The standard InChI is InChI=1S/C16H31N5/c1-12(2)21-14(17-11-19-21)9-20-10-16(6,7)18-8-13(20)15(3,4)5/h11-13,18H,8-10H2,1-7H3. The van der Waals surface area contributed by atoms with E-state index in [4.69, 9.17) is 0 Å². The van der Waals surface area contributed by atoms with Gasteiger partial charge in [-0.2, -0.15) is 5.10 Å². The van der Waals surface area contributed by atoms with E-state index in [1.54, 1.807) is 6.33 Å². The number of aromatic nitrogens is 3. The number of rotatable bonds is 3. The van der Waals surface area contributed by atoms with Crippen molar-refractivity contribution in [3.05, 3.63) is 12.2 Å². The Morgan fingerprint density at radius 1 is 1.38 bits per heavy atom. The van der Waals surface area contributed by atoms with E-state index in [-0.39, 0.29) is 11.0 Å². The van der Waals surface area contributed by atoms with Crippen molar-refractivity contribution >= 4 is 0 Å². The number of nitrogens with one attached hydrogen (secondary N) is 1. The Balaban J connectivity index is 2.22. The van der Waals surface area contributed by atoms with Crippen LogP contribution in [0.1, 0.15) is 60.3 Å². The predicted octanol–water partition coefficient (Wildman–Crippen LogP) is 2.46. The summed E-state index contributed by atoms with van der Waals surface area (Å²) in [6.07, 6.45) is 1.68. The molecule has 2 rings (SSSR count). The van der Waals surface area contributed by atoms with E-state index in [0.29, 0.717) is 12.1 Å². The quantitative estimate of drug-likeness (QED) is 0.930. The highest BCUT2D eigenvalue weighted by Gasteiger charge is 2.38. The Morgan fingerprint density at radius 3 is 2.62 bits per heavy atom. The Morgan fingerprint density at radius 2 is 2.05 bits per heavy atom. The van der Waals surface area contributed by atoms with Gasteiger partial charge in [0, 0.05) is 30.7 Å². The molecule has 21 heavy (non-hydrogen) atoms. The minimum absolute atomic E-state index is 0.143. The maximum atomic E-state index is 4.49. The molecule has 1 aromatic heterocycles. The van der Waals surface area contributed by atoms with Gasteiger partial charge in [0.05, 0.1) is 6.54 Å². The molecule has 1 aliphatic heterocycles. The minimum atomic E-state index is 0.143. The fourth-order valence-corrected chi connectivity index (χ4v) is 3.20. The fourth-order valence-electron chi connectivity index (χ4n) is 3.20. The first-order chi connectivity index (χ1) is 9.60. The number of hydrogen-bond acceptors (Lipinski definition) is 4. The van der Waals surface area contributed by atoms with Crippen LogP contribution in [0.5, 0.6) is 0 Å². The third kappa shape index (κ3) is 3.83. The zero-order chi connectivity index (χ0) is 15.8. The summed E-state index contributed by atoms with van der Waals surface area (Å²) in [7, 11) is 0. The van der Waals surface area contributed by atoms with Crippen LogP contribution in [0.2, 0.25) is 0 Å². The van der Waals surface area contributed by atoms with Gasteiger partial charge in [-0.05, 0) is 33.1 Å². The van der Waals surface area contributed by atoms with E-state index >= 15 is 0 Å². The summed E-state index contributed by atoms with van der Waals surface area (Å²) in [5.41, 5.74) is 0.386. The van der Waals surface area contributed by atoms with Crippen LogP contribution in [0.15, 0.2) is 6.33 Å². The molecule has 1 aromatic rings. The maximum absolute atomic E-state index is 4.49. The average Bonchev–Trinajstić information content (AvgIpc) is 2.74. The van der Waals surface area contributed by atoms with Crippen LogP contribution in [-0.2, 0) is 6.54 Å². The monoisotopic (exact) mass is 293 g/mol. The number of hydrogen-bond donors (Lipinski definition) is 1. The Bertz CT molecular complexity index is 469. The lowest BCUT2D eigenvalue weighted by molar-refractivity contribution is 0.0242. The molecule has 1 saturated heterocycles. The lowest BCUT2D eigenvalue weighted by Crippen LogP contribution is -2.64. The van der Waals surface area contributed by atoms with E-state index in [1.165, 1.54) is 0 Å². The molecule has 1 unspecified atom stereocenters. The first-order valence-corrected chi connectivity index (χ1v) is 7.97. The van der Waals surface area contributed by atoms with Gasteiger partial charge in [-0.3, -0.25) is 4.90 Å². The fraction of sp³-hybridized carbons (Fsp3) is 0.875. The van der Waals surface area contributed by atoms with Crippen LogP contribution in [0.25, 0.3) is 0 Å². The van der Waals surface area contributed by atoms with E-state index in [9.17, 15) is 0 Å². The van der Waals surface area contributed by atoms with E-state index in [0.717, 1.165) is 25.5 Å². The highest BCUT2D eigenvalue weighted by Crippen LogP contribution is 2.29. The second kappa shape index (κ2) is 5.69. The second-order valence-electron chi connectivity index (χ2n) is 8.27. The van der Waals surface area contributed by atoms with Crippen molar-refractivity contribution in [2.24, 2.45) is 5.41 Å². The zero-order valence-electron chi connectivity index (χ0n) is 14.6. The van der Waals surface area contributed by atoms with Crippen molar-refractivity contribution in [2.45, 2.75) is 72.6 Å². The van der Waals surface area contributed by atoms with Gasteiger partial charge in [-0.25, -0.2) is 9.67 Å². The molecule has 1 atom stereocenters. The average molecular weight is 293 g/mol. The molecule has 1 N–H and O–H groups in total. The van der Waals surface area contributed by atoms with Crippen molar-refractivity contribution in [3.8, 4) is 0 Å². The zero-order valence-corrected chi connectivity index (χ0v) is 14.6. The molecule has 0 bridgehead atoms. The summed E-state index contributed by atoms with van der Waals surface area (Å²) in [6, 6.07) is 0.856.